The van der Waals surface area contributed by atoms with E-state index in [4.69, 9.17) is 10.6 Å². The van der Waals surface area contributed by atoms with E-state index in [9.17, 15) is 9.59 Å². The normalized spacial score (nSPS) is 17.2. The highest BCUT2D eigenvalue weighted by Gasteiger charge is 2.37. The van der Waals surface area contributed by atoms with Gasteiger partial charge in [0.25, 0.3) is 5.91 Å². The first-order valence-corrected chi connectivity index (χ1v) is 8.32. The molecule has 1 unspecified atom stereocenters. The number of amides is 1. The van der Waals surface area contributed by atoms with Gasteiger partial charge in [0.2, 0.25) is 6.04 Å². The van der Waals surface area contributed by atoms with E-state index >= 15 is 0 Å². The van der Waals surface area contributed by atoms with Crippen molar-refractivity contribution in [2.75, 3.05) is 5.01 Å². The minimum Gasteiger partial charge on any atom is -0.458 e. The number of hydrogen-bond acceptors (Lipinski definition) is 5. The van der Waals surface area contributed by atoms with Crippen molar-refractivity contribution in [3.05, 3.63) is 65.7 Å². The molecule has 0 saturated heterocycles. The van der Waals surface area contributed by atoms with E-state index in [1.165, 1.54) is 0 Å². The third-order valence-corrected chi connectivity index (χ3v) is 3.83. The lowest BCUT2D eigenvalue weighted by Crippen LogP contribution is -2.47. The standard InChI is InChI=1S/C20H21N3O3/c1-20(2,3)26-19(25)17-18(24)23(21)15-12-8-7-11-14(15)16(22-17)13-9-5-4-6-10-13/h4-12,17H,21H2,1-3H3. The van der Waals surface area contributed by atoms with Crippen molar-refractivity contribution < 1.29 is 14.3 Å². The first-order chi connectivity index (χ1) is 12.3. The molecule has 0 aliphatic carbocycles. The van der Waals surface area contributed by atoms with Gasteiger partial charge in [-0.1, -0.05) is 48.5 Å². The first-order valence-electron chi connectivity index (χ1n) is 8.32. The van der Waals surface area contributed by atoms with Crippen LogP contribution in [0.5, 0.6) is 0 Å². The number of carbonyl (C=O) groups is 2. The molecule has 0 aromatic heterocycles. The fraction of sp³-hybridized carbons (Fsp3) is 0.250. The molecule has 1 aliphatic heterocycles. The van der Waals surface area contributed by atoms with Gasteiger partial charge in [0.15, 0.2) is 0 Å². The van der Waals surface area contributed by atoms with E-state index in [1.807, 2.05) is 42.5 Å². The Bertz CT molecular complexity index is 869. The molecule has 0 spiro atoms. The van der Waals surface area contributed by atoms with E-state index in [1.54, 1.807) is 32.9 Å². The molecule has 1 aliphatic rings. The molecular weight excluding hydrogens is 330 g/mol. The molecule has 1 heterocycles. The zero-order valence-corrected chi connectivity index (χ0v) is 15.0. The van der Waals surface area contributed by atoms with Crippen molar-refractivity contribution in [1.82, 2.24) is 0 Å². The van der Waals surface area contributed by atoms with Crippen LogP contribution < -0.4 is 10.9 Å². The Morgan fingerprint density at radius 3 is 2.35 bits per heavy atom. The van der Waals surface area contributed by atoms with Crippen LogP contribution in [0.15, 0.2) is 59.6 Å². The zero-order valence-electron chi connectivity index (χ0n) is 15.0. The topological polar surface area (TPSA) is 85.0 Å². The third-order valence-electron chi connectivity index (χ3n) is 3.83. The number of ether oxygens (including phenoxy) is 1. The molecule has 0 fully saturated rings. The number of aliphatic imine (C=N–C) groups is 1. The molecule has 134 valence electrons. The number of anilines is 1. The lowest BCUT2D eigenvalue weighted by Gasteiger charge is -2.23. The van der Waals surface area contributed by atoms with E-state index in [0.29, 0.717) is 17.0 Å². The van der Waals surface area contributed by atoms with Gasteiger partial charge in [-0.15, -0.1) is 0 Å². The molecule has 0 bridgehead atoms. The molecule has 3 rings (SSSR count). The Morgan fingerprint density at radius 1 is 1.08 bits per heavy atom. The summed E-state index contributed by atoms with van der Waals surface area (Å²) < 4.78 is 5.39. The predicted molar refractivity (Wildman–Crippen MR) is 99.8 cm³/mol. The summed E-state index contributed by atoms with van der Waals surface area (Å²) in [4.78, 5) is 29.9. The largest absolute Gasteiger partial charge is 0.458 e. The molecular formula is C20H21N3O3. The van der Waals surface area contributed by atoms with Crippen molar-refractivity contribution in [3.63, 3.8) is 0 Å². The van der Waals surface area contributed by atoms with Crippen LogP contribution in [0, 0.1) is 0 Å². The van der Waals surface area contributed by atoms with Crippen molar-refractivity contribution in [2.24, 2.45) is 10.8 Å². The van der Waals surface area contributed by atoms with Crippen LogP contribution in [-0.4, -0.2) is 29.2 Å². The van der Waals surface area contributed by atoms with E-state index in [2.05, 4.69) is 4.99 Å². The van der Waals surface area contributed by atoms with Crippen molar-refractivity contribution >= 4 is 23.3 Å². The number of carbonyl (C=O) groups excluding carboxylic acids is 2. The molecule has 0 saturated carbocycles. The van der Waals surface area contributed by atoms with Gasteiger partial charge in [0.1, 0.15) is 5.60 Å². The summed E-state index contributed by atoms with van der Waals surface area (Å²) >= 11 is 0. The Hall–Kier alpha value is -2.99. The lowest BCUT2D eigenvalue weighted by atomic mass is 10.0. The van der Waals surface area contributed by atoms with Crippen LogP contribution >= 0.6 is 0 Å². The summed E-state index contributed by atoms with van der Waals surface area (Å²) in [6.07, 6.45) is 0. The number of benzene rings is 2. The third kappa shape index (κ3) is 3.50. The average molecular weight is 351 g/mol. The highest BCUT2D eigenvalue weighted by molar-refractivity contribution is 6.22. The summed E-state index contributed by atoms with van der Waals surface area (Å²) in [6, 6.07) is 15.2. The van der Waals surface area contributed by atoms with E-state index < -0.39 is 23.5 Å². The van der Waals surface area contributed by atoms with Crippen LogP contribution in [0.1, 0.15) is 31.9 Å². The van der Waals surface area contributed by atoms with Gasteiger partial charge in [-0.05, 0) is 26.8 Å². The molecule has 2 aromatic carbocycles. The highest BCUT2D eigenvalue weighted by Crippen LogP contribution is 2.27. The Labute approximate surface area is 152 Å². The van der Waals surface area contributed by atoms with Crippen molar-refractivity contribution in [1.29, 1.82) is 0 Å². The SMILES string of the molecule is CC(C)(C)OC(=O)C1N=C(c2ccccc2)c2ccccc2N(N)C1=O. The minimum atomic E-state index is -1.36. The fourth-order valence-corrected chi connectivity index (χ4v) is 2.73. The number of para-hydroxylation sites is 1. The van der Waals surface area contributed by atoms with Crippen LogP contribution in [0.3, 0.4) is 0 Å². The fourth-order valence-electron chi connectivity index (χ4n) is 2.73. The minimum absolute atomic E-state index is 0.492. The second-order valence-corrected chi connectivity index (χ2v) is 7.01. The average Bonchev–Trinajstić information content (AvgIpc) is 2.71. The number of hydrazine groups is 1. The molecule has 1 amide bonds. The molecule has 1 atom stereocenters. The zero-order chi connectivity index (χ0) is 18.9. The molecule has 0 radical (unpaired) electrons. The molecule has 6 heteroatoms. The van der Waals surface area contributed by atoms with Gasteiger partial charge in [-0.2, -0.15) is 0 Å². The molecule has 26 heavy (non-hydrogen) atoms. The smallest absolute Gasteiger partial charge is 0.341 e. The number of nitrogens with zero attached hydrogens (tertiary/aromatic N) is 2. The summed E-state index contributed by atoms with van der Waals surface area (Å²) in [5.41, 5.74) is 1.75. The summed E-state index contributed by atoms with van der Waals surface area (Å²) in [6.45, 7) is 5.22. The van der Waals surface area contributed by atoms with Gasteiger partial charge in [-0.25, -0.2) is 15.6 Å². The van der Waals surface area contributed by atoms with Gasteiger partial charge < -0.3 is 4.74 Å². The summed E-state index contributed by atoms with van der Waals surface area (Å²) in [5, 5.41) is 0.976. The van der Waals surface area contributed by atoms with Crippen molar-refractivity contribution in [3.8, 4) is 0 Å². The lowest BCUT2D eigenvalue weighted by molar-refractivity contribution is -0.157. The Balaban J connectivity index is 2.16. The predicted octanol–water partition coefficient (Wildman–Crippen LogP) is 2.45. The number of benzodiazepines with no additional fused rings is 1. The van der Waals surface area contributed by atoms with Gasteiger partial charge in [0.05, 0.1) is 11.4 Å². The summed E-state index contributed by atoms with van der Waals surface area (Å²) in [7, 11) is 0. The van der Waals surface area contributed by atoms with Gasteiger partial charge >= 0.3 is 5.97 Å². The second kappa shape index (κ2) is 6.72. The number of hydrogen-bond donors (Lipinski definition) is 1. The summed E-state index contributed by atoms with van der Waals surface area (Å²) in [5.74, 6) is 4.67. The van der Waals surface area contributed by atoms with Crippen LogP contribution in [0.4, 0.5) is 5.69 Å². The van der Waals surface area contributed by atoms with Gasteiger partial charge in [0, 0.05) is 11.1 Å². The van der Waals surface area contributed by atoms with Crippen LogP contribution in [0.2, 0.25) is 0 Å². The number of nitrogens with two attached hydrogens (primary N) is 1. The second-order valence-electron chi connectivity index (χ2n) is 7.01. The molecule has 2 N–H and O–H groups in total. The first kappa shape index (κ1) is 17.8. The molecule has 6 nitrogen and oxygen atoms in total. The molecule has 2 aromatic rings. The quantitative estimate of drug-likeness (QED) is 0.390. The highest BCUT2D eigenvalue weighted by atomic mass is 16.6. The Kier molecular flexibility index (Phi) is 4.61. The van der Waals surface area contributed by atoms with E-state index in [-0.39, 0.29) is 0 Å². The van der Waals surface area contributed by atoms with Crippen LogP contribution in [-0.2, 0) is 14.3 Å². The van der Waals surface area contributed by atoms with Crippen molar-refractivity contribution in [2.45, 2.75) is 32.4 Å². The van der Waals surface area contributed by atoms with Crippen LogP contribution in [0.25, 0.3) is 0 Å². The number of fused-ring (bicyclic) bond motifs is 1. The maximum Gasteiger partial charge on any atom is 0.341 e. The number of rotatable bonds is 2. The van der Waals surface area contributed by atoms with Gasteiger partial charge in [-0.3, -0.25) is 9.79 Å². The van der Waals surface area contributed by atoms with E-state index in [0.717, 1.165) is 10.6 Å². The maximum atomic E-state index is 12.8. The monoisotopic (exact) mass is 351 g/mol. The Morgan fingerprint density at radius 2 is 1.69 bits per heavy atom. The maximum absolute atomic E-state index is 12.8. The number of esters is 1.